The highest BCUT2D eigenvalue weighted by molar-refractivity contribution is 6.16. The Bertz CT molecular complexity index is 342. The molecular formula is C7H7ClF3N3. The standard InChI is InChI=1S/C7H7ClF3N3/c8-3-5-13-12-4-14(5)6(1-2-6)7(9,10)11/h4H,1-3H2. The van der Waals surface area contributed by atoms with E-state index in [1.165, 1.54) is 0 Å². The van der Waals surface area contributed by atoms with Crippen molar-refractivity contribution in [2.45, 2.75) is 30.4 Å². The minimum Gasteiger partial charge on any atom is -0.301 e. The van der Waals surface area contributed by atoms with Gasteiger partial charge < -0.3 is 4.57 Å². The van der Waals surface area contributed by atoms with Gasteiger partial charge >= 0.3 is 6.18 Å². The molecule has 0 saturated heterocycles. The first kappa shape index (κ1) is 9.76. The van der Waals surface area contributed by atoms with Crippen molar-refractivity contribution in [1.82, 2.24) is 14.8 Å². The topological polar surface area (TPSA) is 30.7 Å². The van der Waals surface area contributed by atoms with Crippen LogP contribution in [0.2, 0.25) is 0 Å². The van der Waals surface area contributed by atoms with Gasteiger partial charge in [-0.1, -0.05) is 0 Å². The van der Waals surface area contributed by atoms with Gasteiger partial charge in [-0.2, -0.15) is 13.2 Å². The fraction of sp³-hybridized carbons (Fsp3) is 0.714. The molecule has 1 fully saturated rings. The summed E-state index contributed by atoms with van der Waals surface area (Å²) in [4.78, 5) is 0. The molecule has 0 radical (unpaired) electrons. The van der Waals surface area contributed by atoms with E-state index >= 15 is 0 Å². The molecule has 0 spiro atoms. The predicted molar refractivity (Wildman–Crippen MR) is 42.8 cm³/mol. The molecule has 1 saturated carbocycles. The third kappa shape index (κ3) is 1.20. The molecule has 0 bridgehead atoms. The Labute approximate surface area is 82.9 Å². The normalized spacial score (nSPS) is 19.7. The lowest BCUT2D eigenvalue weighted by Crippen LogP contribution is -2.35. The molecule has 0 atom stereocenters. The van der Waals surface area contributed by atoms with E-state index in [1.54, 1.807) is 0 Å². The van der Waals surface area contributed by atoms with E-state index in [0.29, 0.717) is 0 Å². The number of rotatable bonds is 2. The molecule has 7 heteroatoms. The van der Waals surface area contributed by atoms with Crippen LogP contribution in [-0.2, 0) is 11.4 Å². The largest absolute Gasteiger partial charge is 0.412 e. The van der Waals surface area contributed by atoms with E-state index in [1.807, 2.05) is 0 Å². The van der Waals surface area contributed by atoms with Crippen LogP contribution >= 0.6 is 11.6 Å². The summed E-state index contributed by atoms with van der Waals surface area (Å²) < 4.78 is 39.0. The van der Waals surface area contributed by atoms with Crippen LogP contribution < -0.4 is 0 Å². The first-order chi connectivity index (χ1) is 6.51. The maximum Gasteiger partial charge on any atom is 0.412 e. The molecule has 1 aromatic heterocycles. The highest BCUT2D eigenvalue weighted by Crippen LogP contribution is 2.55. The molecule has 1 aliphatic rings. The fourth-order valence-corrected chi connectivity index (χ4v) is 1.67. The van der Waals surface area contributed by atoms with E-state index < -0.39 is 11.7 Å². The Kier molecular flexibility index (Phi) is 1.99. The summed E-state index contributed by atoms with van der Waals surface area (Å²) in [6.07, 6.45) is -2.99. The zero-order valence-electron chi connectivity index (χ0n) is 7.05. The van der Waals surface area contributed by atoms with Gasteiger partial charge in [-0.3, -0.25) is 0 Å². The Balaban J connectivity index is 2.40. The average molecular weight is 226 g/mol. The van der Waals surface area contributed by atoms with Crippen molar-refractivity contribution in [3.8, 4) is 0 Å². The van der Waals surface area contributed by atoms with Crippen molar-refractivity contribution < 1.29 is 13.2 Å². The molecule has 0 aliphatic heterocycles. The third-order valence-corrected chi connectivity index (χ3v) is 2.69. The van der Waals surface area contributed by atoms with Crippen molar-refractivity contribution >= 4 is 11.6 Å². The van der Waals surface area contributed by atoms with Crippen LogP contribution in [-0.4, -0.2) is 20.9 Å². The predicted octanol–water partition coefficient (Wildman–Crippen LogP) is 2.07. The van der Waals surface area contributed by atoms with Gasteiger partial charge in [0.2, 0.25) is 0 Å². The van der Waals surface area contributed by atoms with Crippen molar-refractivity contribution in [2.75, 3.05) is 0 Å². The molecule has 3 nitrogen and oxygen atoms in total. The van der Waals surface area contributed by atoms with Gasteiger partial charge in [-0.25, -0.2) is 0 Å². The molecule has 78 valence electrons. The van der Waals surface area contributed by atoms with Gasteiger partial charge in [-0.15, -0.1) is 21.8 Å². The van der Waals surface area contributed by atoms with Crippen molar-refractivity contribution in [2.24, 2.45) is 0 Å². The molecular weight excluding hydrogens is 219 g/mol. The molecule has 0 unspecified atom stereocenters. The van der Waals surface area contributed by atoms with Gasteiger partial charge in [-0.05, 0) is 12.8 Å². The van der Waals surface area contributed by atoms with Gasteiger partial charge in [0.25, 0.3) is 0 Å². The summed E-state index contributed by atoms with van der Waals surface area (Å²) in [5, 5.41) is 6.98. The molecule has 14 heavy (non-hydrogen) atoms. The highest BCUT2D eigenvalue weighted by atomic mass is 35.5. The summed E-state index contributed by atoms with van der Waals surface area (Å²) in [6.45, 7) is 0. The Hall–Kier alpha value is -0.780. The van der Waals surface area contributed by atoms with E-state index in [9.17, 15) is 13.2 Å². The van der Waals surface area contributed by atoms with Gasteiger partial charge in [0.15, 0.2) is 0 Å². The van der Waals surface area contributed by atoms with Crippen LogP contribution in [0.5, 0.6) is 0 Å². The van der Waals surface area contributed by atoms with Crippen LogP contribution in [0, 0.1) is 0 Å². The zero-order chi connectivity index (χ0) is 10.4. The van der Waals surface area contributed by atoms with E-state index in [4.69, 9.17) is 11.6 Å². The number of aromatic nitrogens is 3. The van der Waals surface area contributed by atoms with Crippen LogP contribution in [0.25, 0.3) is 0 Å². The second-order valence-corrected chi connectivity index (χ2v) is 3.55. The maximum absolute atomic E-state index is 12.7. The quantitative estimate of drug-likeness (QED) is 0.722. The smallest absolute Gasteiger partial charge is 0.301 e. The zero-order valence-corrected chi connectivity index (χ0v) is 7.81. The minimum absolute atomic E-state index is 0.0577. The van der Waals surface area contributed by atoms with Gasteiger partial charge in [0, 0.05) is 0 Å². The highest BCUT2D eigenvalue weighted by Gasteiger charge is 2.65. The summed E-state index contributed by atoms with van der Waals surface area (Å²) in [5.74, 6) is 0.110. The van der Waals surface area contributed by atoms with Crippen molar-refractivity contribution in [3.05, 3.63) is 12.2 Å². The fourth-order valence-electron chi connectivity index (χ4n) is 1.49. The van der Waals surface area contributed by atoms with Gasteiger partial charge in [0.1, 0.15) is 17.7 Å². The summed E-state index contributed by atoms with van der Waals surface area (Å²) in [6, 6.07) is 0. The van der Waals surface area contributed by atoms with Crippen LogP contribution in [0.1, 0.15) is 18.7 Å². The molecule has 0 aromatic carbocycles. The van der Waals surface area contributed by atoms with Crippen LogP contribution in [0.15, 0.2) is 6.33 Å². The Morgan fingerprint density at radius 1 is 1.50 bits per heavy atom. The molecule has 1 aliphatic carbocycles. The molecule has 1 heterocycles. The first-order valence-corrected chi connectivity index (χ1v) is 4.57. The second kappa shape index (κ2) is 2.85. The number of alkyl halides is 4. The summed E-state index contributed by atoms with van der Waals surface area (Å²) in [7, 11) is 0. The lowest BCUT2D eigenvalue weighted by Gasteiger charge is -2.21. The Morgan fingerprint density at radius 2 is 2.14 bits per heavy atom. The van der Waals surface area contributed by atoms with Gasteiger partial charge in [0.05, 0.1) is 5.88 Å². The SMILES string of the molecule is FC(F)(F)C1(n2cnnc2CCl)CC1. The number of halogens is 4. The lowest BCUT2D eigenvalue weighted by molar-refractivity contribution is -0.180. The molecule has 1 aromatic rings. The number of hydrogen-bond donors (Lipinski definition) is 0. The van der Waals surface area contributed by atoms with E-state index in [2.05, 4.69) is 10.2 Å². The monoisotopic (exact) mass is 225 g/mol. The Morgan fingerprint density at radius 3 is 2.57 bits per heavy atom. The first-order valence-electron chi connectivity index (χ1n) is 4.03. The summed E-state index contributed by atoms with van der Waals surface area (Å²) in [5.41, 5.74) is -1.79. The molecule has 0 amide bonds. The average Bonchev–Trinajstić information content (AvgIpc) is 2.78. The third-order valence-electron chi connectivity index (χ3n) is 2.45. The molecule has 0 N–H and O–H groups in total. The molecule has 2 rings (SSSR count). The van der Waals surface area contributed by atoms with Crippen molar-refractivity contribution in [3.63, 3.8) is 0 Å². The van der Waals surface area contributed by atoms with E-state index in [0.717, 1.165) is 10.9 Å². The van der Waals surface area contributed by atoms with Crippen molar-refractivity contribution in [1.29, 1.82) is 0 Å². The minimum atomic E-state index is -4.25. The second-order valence-electron chi connectivity index (χ2n) is 3.28. The van der Waals surface area contributed by atoms with Crippen LogP contribution in [0.4, 0.5) is 13.2 Å². The van der Waals surface area contributed by atoms with Crippen LogP contribution in [0.3, 0.4) is 0 Å². The van der Waals surface area contributed by atoms with E-state index in [-0.39, 0.29) is 24.5 Å². The lowest BCUT2D eigenvalue weighted by atomic mass is 10.2. The maximum atomic E-state index is 12.7. The summed E-state index contributed by atoms with van der Waals surface area (Å²) >= 11 is 5.47. The number of nitrogens with zero attached hydrogens (tertiary/aromatic N) is 3. The number of hydrogen-bond acceptors (Lipinski definition) is 2.